The fourth-order valence-corrected chi connectivity index (χ4v) is 12.1. The molecule has 0 bridgehead atoms. The predicted molar refractivity (Wildman–Crippen MR) is 270 cm³/mol. The molecule has 0 saturated heterocycles. The van der Waals surface area contributed by atoms with Crippen LogP contribution >= 0.6 is 0 Å². The van der Waals surface area contributed by atoms with Gasteiger partial charge in [-0.3, -0.25) is 0 Å². The first-order chi connectivity index (χ1) is 31.3. The first kappa shape index (κ1) is 34.9. The second-order valence-corrected chi connectivity index (χ2v) is 17.6. The van der Waals surface area contributed by atoms with Crippen molar-refractivity contribution in [2.45, 2.75) is 19.3 Å². The first-order valence-corrected chi connectivity index (χ1v) is 22.5. The van der Waals surface area contributed by atoms with Gasteiger partial charge in [0.1, 0.15) is 0 Å². The van der Waals surface area contributed by atoms with Crippen LogP contribution < -0.4 is 0 Å². The van der Waals surface area contributed by atoms with Gasteiger partial charge in [-0.15, -0.1) is 0 Å². The summed E-state index contributed by atoms with van der Waals surface area (Å²) in [5.41, 5.74) is 18.8. The third-order valence-corrected chi connectivity index (χ3v) is 14.5. The number of benzene rings is 12. The highest BCUT2D eigenvalue weighted by Crippen LogP contribution is 2.62. The Kier molecular flexibility index (Phi) is 7.39. The van der Waals surface area contributed by atoms with E-state index >= 15 is 0 Å². The summed E-state index contributed by atoms with van der Waals surface area (Å²) >= 11 is 0. The van der Waals surface area contributed by atoms with Crippen molar-refractivity contribution in [1.29, 1.82) is 0 Å². The predicted octanol–water partition coefficient (Wildman–Crippen LogP) is 17.4. The fourth-order valence-electron chi connectivity index (χ4n) is 12.1. The summed E-state index contributed by atoms with van der Waals surface area (Å²) in [6.07, 6.45) is 3.45. The molecular weight excluding hydrogens is 757 g/mol. The third kappa shape index (κ3) is 4.81. The van der Waals surface area contributed by atoms with Crippen LogP contribution in [0.1, 0.15) is 17.5 Å². The van der Waals surface area contributed by atoms with Crippen LogP contribution in [0.4, 0.5) is 0 Å². The van der Waals surface area contributed by atoms with Crippen LogP contribution in [0.15, 0.2) is 206 Å². The highest BCUT2D eigenvalue weighted by molar-refractivity contribution is 6.35. The summed E-state index contributed by atoms with van der Waals surface area (Å²) in [4.78, 5) is 0. The lowest BCUT2D eigenvalue weighted by atomic mass is 9.77. The molecular formula is C63H40. The molecule has 2 aliphatic rings. The standard InChI is InChI=1S/C63H40/c1-3-18-38(19-4-1)55-42-24-7-11-28-46(42)57(47-29-12-8-25-43(47)55)60-50-32-15-16-33-51(50)61(63-53-37-35-41-23-17-22-40-34-36-52(62(60)63)59(53)54(40)41)58-48-30-13-9-26-44(48)56(39-20-5-2-6-21-39)45-27-10-14-31-49(45)58/h1-16,18-21,24-37H,17,22-23H2. The Morgan fingerprint density at radius 3 is 0.825 bits per heavy atom. The summed E-state index contributed by atoms with van der Waals surface area (Å²) < 4.78 is 0. The lowest BCUT2D eigenvalue weighted by Crippen LogP contribution is -2.01. The Labute approximate surface area is 366 Å². The molecule has 292 valence electrons. The number of hydrogen-bond acceptors (Lipinski definition) is 0. The van der Waals surface area contributed by atoms with Crippen LogP contribution in [-0.4, -0.2) is 0 Å². The lowest BCUT2D eigenvalue weighted by molar-refractivity contribution is 0.808. The zero-order valence-electron chi connectivity index (χ0n) is 34.8. The Balaban J connectivity index is 1.23. The summed E-state index contributed by atoms with van der Waals surface area (Å²) in [5.74, 6) is 0. The van der Waals surface area contributed by atoms with Gasteiger partial charge >= 0.3 is 0 Å². The average Bonchev–Trinajstić information content (AvgIpc) is 3.69. The fraction of sp³-hybridized carbons (Fsp3) is 0.0476. The maximum Gasteiger partial charge on any atom is -0.000696 e. The smallest absolute Gasteiger partial charge is 0.000696 e. The molecule has 0 N–H and O–H groups in total. The number of fused-ring (bicyclic) bond motifs is 8. The summed E-state index contributed by atoms with van der Waals surface area (Å²) in [5, 5.41) is 15.7. The van der Waals surface area contributed by atoms with Gasteiger partial charge in [0, 0.05) is 0 Å². The lowest BCUT2D eigenvalue weighted by Gasteiger charge is -2.25. The van der Waals surface area contributed by atoms with Gasteiger partial charge in [0.25, 0.3) is 0 Å². The van der Waals surface area contributed by atoms with Gasteiger partial charge in [-0.2, -0.15) is 0 Å². The van der Waals surface area contributed by atoms with Crippen molar-refractivity contribution in [3.63, 3.8) is 0 Å². The van der Waals surface area contributed by atoms with Crippen molar-refractivity contribution in [3.05, 3.63) is 217 Å². The molecule has 0 heterocycles. The Morgan fingerprint density at radius 1 is 0.206 bits per heavy atom. The Bertz CT molecular complexity index is 3540. The van der Waals surface area contributed by atoms with E-state index in [0.717, 1.165) is 12.8 Å². The topological polar surface area (TPSA) is 0 Å². The molecule has 0 spiro atoms. The van der Waals surface area contributed by atoms with Crippen molar-refractivity contribution in [1.82, 2.24) is 0 Å². The minimum atomic E-state index is 1.12. The molecule has 12 aromatic carbocycles. The summed E-state index contributed by atoms with van der Waals surface area (Å²) in [6.45, 7) is 0. The molecule has 0 atom stereocenters. The molecule has 0 nitrogen and oxygen atoms in total. The van der Waals surface area contributed by atoms with E-state index in [1.54, 1.807) is 0 Å². The maximum atomic E-state index is 2.49. The van der Waals surface area contributed by atoms with Gasteiger partial charge < -0.3 is 0 Å². The van der Waals surface area contributed by atoms with Crippen LogP contribution in [0.25, 0.3) is 131 Å². The molecule has 0 unspecified atom stereocenters. The maximum absolute atomic E-state index is 2.49. The van der Waals surface area contributed by atoms with Crippen molar-refractivity contribution in [3.8, 4) is 66.8 Å². The minimum absolute atomic E-state index is 1.12. The summed E-state index contributed by atoms with van der Waals surface area (Å²) in [6, 6.07) is 77.9. The zero-order valence-corrected chi connectivity index (χ0v) is 34.8. The van der Waals surface area contributed by atoms with E-state index in [1.807, 2.05) is 0 Å². The number of aryl methyl sites for hydroxylation is 2. The molecule has 2 aliphatic carbocycles. The molecule has 0 radical (unpaired) electrons. The molecule has 0 aliphatic heterocycles. The summed E-state index contributed by atoms with van der Waals surface area (Å²) in [7, 11) is 0. The van der Waals surface area contributed by atoms with Gasteiger partial charge in [-0.1, -0.05) is 206 Å². The number of rotatable bonds is 4. The van der Waals surface area contributed by atoms with Crippen LogP contribution in [0.3, 0.4) is 0 Å². The van der Waals surface area contributed by atoms with E-state index in [9.17, 15) is 0 Å². The average molecular weight is 797 g/mol. The Morgan fingerprint density at radius 2 is 0.492 bits per heavy atom. The van der Waals surface area contributed by atoms with Crippen molar-refractivity contribution < 1.29 is 0 Å². The number of hydrogen-bond donors (Lipinski definition) is 0. The normalized spacial score (nSPS) is 12.9. The SMILES string of the molecule is c1ccc(-c2c3ccccc3c(-c3c4c(c(-c5c6ccccc6c(-c6ccccc6)c6ccccc56)c5ccccc35)-c3ccc5c6c(ccc-4c36)CCC5)c3ccccc23)cc1. The van der Waals surface area contributed by atoms with E-state index < -0.39 is 0 Å². The molecule has 63 heavy (non-hydrogen) atoms. The van der Waals surface area contributed by atoms with Crippen molar-refractivity contribution >= 4 is 64.6 Å². The van der Waals surface area contributed by atoms with Gasteiger partial charge in [0.05, 0.1) is 0 Å². The molecule has 0 amide bonds. The largest absolute Gasteiger partial charge is 0.0622 e. The van der Waals surface area contributed by atoms with Crippen LogP contribution in [0.2, 0.25) is 0 Å². The van der Waals surface area contributed by atoms with Crippen LogP contribution in [-0.2, 0) is 12.8 Å². The van der Waals surface area contributed by atoms with E-state index in [4.69, 9.17) is 0 Å². The third-order valence-electron chi connectivity index (χ3n) is 14.5. The Hall–Kier alpha value is -7.80. The minimum Gasteiger partial charge on any atom is -0.0622 e. The van der Waals surface area contributed by atoms with Crippen LogP contribution in [0.5, 0.6) is 0 Å². The first-order valence-electron chi connectivity index (χ1n) is 22.5. The second-order valence-electron chi connectivity index (χ2n) is 17.6. The van der Waals surface area contributed by atoms with Crippen molar-refractivity contribution in [2.75, 3.05) is 0 Å². The molecule has 0 saturated carbocycles. The van der Waals surface area contributed by atoms with Gasteiger partial charge in [-0.05, 0) is 162 Å². The highest BCUT2D eigenvalue weighted by Gasteiger charge is 2.35. The van der Waals surface area contributed by atoms with Crippen molar-refractivity contribution in [2.24, 2.45) is 0 Å². The van der Waals surface area contributed by atoms with Gasteiger partial charge in [0.15, 0.2) is 0 Å². The van der Waals surface area contributed by atoms with Gasteiger partial charge in [-0.25, -0.2) is 0 Å². The quantitative estimate of drug-likeness (QED) is 0.156. The molecule has 14 rings (SSSR count). The highest BCUT2D eigenvalue weighted by atomic mass is 14.4. The molecule has 0 aromatic heterocycles. The van der Waals surface area contributed by atoms with Crippen LogP contribution in [0, 0.1) is 0 Å². The van der Waals surface area contributed by atoms with Gasteiger partial charge in [0.2, 0.25) is 0 Å². The van der Waals surface area contributed by atoms with E-state index in [0.29, 0.717) is 0 Å². The van der Waals surface area contributed by atoms with E-state index in [2.05, 4.69) is 206 Å². The molecule has 12 aromatic rings. The zero-order chi connectivity index (χ0) is 41.2. The van der Waals surface area contributed by atoms with E-state index in [-0.39, 0.29) is 0 Å². The second kappa shape index (κ2) is 13.3. The molecule has 0 heteroatoms. The monoisotopic (exact) mass is 796 g/mol. The molecule has 0 fully saturated rings. The van der Waals surface area contributed by atoms with E-state index in [1.165, 1.54) is 149 Å².